The third kappa shape index (κ3) is 39.1. The molecule has 0 N–H and O–H groups in total. The molecule has 0 rings (SSSR count). The predicted molar refractivity (Wildman–Crippen MR) is 265 cm³/mol. The standard InChI is InChI=1S/C55H102O10/c1-7-13-18-30-36-48(64-53(59)43-28-15-9-3)38-32-24-20-22-26-34-41-51(57)62-46-55(12-6,45-61-50(56)40-17-11-5)47-63-52(58)42-35-27-23-21-25-33-39-49(37-31-19-14-8-2)65-54(60)44-29-16-10-4/h48-49H,7-47H2,1-6H3. The minimum absolute atomic E-state index is 0.0235. The maximum absolute atomic E-state index is 12.9. The van der Waals surface area contributed by atoms with E-state index in [1.807, 2.05) is 13.8 Å². The normalized spacial score (nSPS) is 13.1. The average Bonchev–Trinajstić information content (AvgIpc) is 3.29. The third-order valence-electron chi connectivity index (χ3n) is 12.7. The van der Waals surface area contributed by atoms with Crippen molar-refractivity contribution in [3.63, 3.8) is 0 Å². The molecule has 0 aromatic heterocycles. The van der Waals surface area contributed by atoms with E-state index in [0.717, 1.165) is 167 Å². The smallest absolute Gasteiger partial charge is 0.306 e. The molecule has 0 aromatic carbocycles. The fraction of sp³-hybridized carbons (Fsp3) is 0.909. The number of carbonyl (C=O) groups is 5. The van der Waals surface area contributed by atoms with Crippen molar-refractivity contribution in [1.29, 1.82) is 0 Å². The highest BCUT2D eigenvalue weighted by molar-refractivity contribution is 5.71. The van der Waals surface area contributed by atoms with E-state index in [4.69, 9.17) is 23.7 Å². The predicted octanol–water partition coefficient (Wildman–Crippen LogP) is 15.4. The molecule has 382 valence electrons. The Kier molecular flexibility index (Phi) is 43.3. The molecular formula is C55H102O10. The van der Waals surface area contributed by atoms with Crippen LogP contribution >= 0.6 is 0 Å². The zero-order valence-electron chi connectivity index (χ0n) is 43.2. The molecule has 0 spiro atoms. The lowest BCUT2D eigenvalue weighted by atomic mass is 9.88. The molecule has 10 heteroatoms. The first-order valence-electron chi connectivity index (χ1n) is 27.4. The third-order valence-corrected chi connectivity index (χ3v) is 12.7. The molecule has 0 aliphatic heterocycles. The van der Waals surface area contributed by atoms with Gasteiger partial charge >= 0.3 is 29.8 Å². The summed E-state index contributed by atoms with van der Waals surface area (Å²) in [5, 5.41) is 0. The molecule has 0 fully saturated rings. The van der Waals surface area contributed by atoms with Crippen LogP contribution in [0.3, 0.4) is 0 Å². The molecule has 0 aliphatic carbocycles. The van der Waals surface area contributed by atoms with Gasteiger partial charge in [0.15, 0.2) is 0 Å². The Balaban J connectivity index is 4.73. The number of hydrogen-bond donors (Lipinski definition) is 0. The van der Waals surface area contributed by atoms with Crippen LogP contribution in [0.5, 0.6) is 0 Å². The van der Waals surface area contributed by atoms with Crippen molar-refractivity contribution >= 4 is 29.8 Å². The van der Waals surface area contributed by atoms with Crippen molar-refractivity contribution in [1.82, 2.24) is 0 Å². The van der Waals surface area contributed by atoms with Crippen molar-refractivity contribution in [2.45, 2.75) is 298 Å². The van der Waals surface area contributed by atoms with Gasteiger partial charge in [-0.25, -0.2) is 0 Å². The van der Waals surface area contributed by atoms with Crippen LogP contribution in [-0.2, 0) is 47.7 Å². The number of hydrogen-bond acceptors (Lipinski definition) is 10. The van der Waals surface area contributed by atoms with Gasteiger partial charge in [-0.15, -0.1) is 0 Å². The lowest BCUT2D eigenvalue weighted by molar-refractivity contribution is -0.162. The van der Waals surface area contributed by atoms with E-state index < -0.39 is 5.41 Å². The highest BCUT2D eigenvalue weighted by atomic mass is 16.6. The van der Waals surface area contributed by atoms with E-state index in [1.54, 1.807) is 0 Å². The van der Waals surface area contributed by atoms with Gasteiger partial charge < -0.3 is 23.7 Å². The highest BCUT2D eigenvalue weighted by Crippen LogP contribution is 2.26. The molecular weight excluding hydrogens is 821 g/mol. The van der Waals surface area contributed by atoms with Gasteiger partial charge in [0.1, 0.15) is 32.0 Å². The van der Waals surface area contributed by atoms with Gasteiger partial charge in [0, 0.05) is 32.1 Å². The monoisotopic (exact) mass is 923 g/mol. The van der Waals surface area contributed by atoms with E-state index in [9.17, 15) is 24.0 Å². The summed E-state index contributed by atoms with van der Waals surface area (Å²) in [6, 6.07) is 0. The van der Waals surface area contributed by atoms with Gasteiger partial charge in [-0.05, 0) is 89.9 Å². The minimum Gasteiger partial charge on any atom is -0.465 e. The number of carbonyl (C=O) groups excluding carboxylic acids is 5. The van der Waals surface area contributed by atoms with Gasteiger partial charge in [0.05, 0.1) is 5.41 Å². The van der Waals surface area contributed by atoms with Crippen LogP contribution in [0.2, 0.25) is 0 Å². The topological polar surface area (TPSA) is 132 Å². The average molecular weight is 923 g/mol. The van der Waals surface area contributed by atoms with Crippen molar-refractivity contribution in [2.24, 2.45) is 5.41 Å². The Hall–Kier alpha value is -2.65. The van der Waals surface area contributed by atoms with Crippen LogP contribution in [0.1, 0.15) is 286 Å². The van der Waals surface area contributed by atoms with Crippen molar-refractivity contribution in [3.8, 4) is 0 Å². The highest BCUT2D eigenvalue weighted by Gasteiger charge is 2.34. The van der Waals surface area contributed by atoms with Crippen LogP contribution in [0.15, 0.2) is 0 Å². The first-order valence-corrected chi connectivity index (χ1v) is 27.4. The van der Waals surface area contributed by atoms with Crippen LogP contribution in [0.25, 0.3) is 0 Å². The van der Waals surface area contributed by atoms with E-state index >= 15 is 0 Å². The first-order chi connectivity index (χ1) is 31.6. The Bertz CT molecular complexity index is 1080. The molecule has 0 amide bonds. The Morgan fingerprint density at radius 2 is 0.554 bits per heavy atom. The lowest BCUT2D eigenvalue weighted by Crippen LogP contribution is -2.39. The molecule has 65 heavy (non-hydrogen) atoms. The molecule has 0 radical (unpaired) electrons. The maximum Gasteiger partial charge on any atom is 0.306 e. The molecule has 0 aliphatic rings. The minimum atomic E-state index is -0.803. The van der Waals surface area contributed by atoms with Gasteiger partial charge in [-0.1, -0.05) is 164 Å². The molecule has 0 heterocycles. The molecule has 0 saturated carbocycles. The molecule has 2 atom stereocenters. The summed E-state index contributed by atoms with van der Waals surface area (Å²) in [4.78, 5) is 63.0. The summed E-state index contributed by atoms with van der Waals surface area (Å²) in [5.74, 6) is -0.965. The number of esters is 5. The Morgan fingerprint density at radius 1 is 0.308 bits per heavy atom. The zero-order chi connectivity index (χ0) is 48.1. The lowest BCUT2D eigenvalue weighted by Gasteiger charge is -2.31. The Labute approximate surface area is 399 Å². The second-order valence-electron chi connectivity index (χ2n) is 19.1. The summed E-state index contributed by atoms with van der Waals surface area (Å²) in [7, 11) is 0. The number of unbranched alkanes of at least 4 members (excludes halogenated alkanes) is 21. The molecule has 0 aromatic rings. The van der Waals surface area contributed by atoms with E-state index in [0.29, 0.717) is 38.5 Å². The van der Waals surface area contributed by atoms with Crippen LogP contribution in [0.4, 0.5) is 0 Å². The van der Waals surface area contributed by atoms with E-state index in [1.165, 1.54) is 38.5 Å². The maximum atomic E-state index is 12.9. The number of ether oxygens (including phenoxy) is 5. The van der Waals surface area contributed by atoms with Gasteiger partial charge in [-0.2, -0.15) is 0 Å². The molecule has 0 bridgehead atoms. The first kappa shape index (κ1) is 62.4. The van der Waals surface area contributed by atoms with Crippen LogP contribution in [-0.4, -0.2) is 61.9 Å². The quantitative estimate of drug-likeness (QED) is 0.0330. The van der Waals surface area contributed by atoms with Gasteiger partial charge in [-0.3, -0.25) is 24.0 Å². The van der Waals surface area contributed by atoms with E-state index in [2.05, 4.69) is 27.7 Å². The summed E-state index contributed by atoms with van der Waals surface area (Å²) in [5.41, 5.74) is -0.803. The second kappa shape index (κ2) is 45.1. The summed E-state index contributed by atoms with van der Waals surface area (Å²) >= 11 is 0. The largest absolute Gasteiger partial charge is 0.465 e. The van der Waals surface area contributed by atoms with Crippen LogP contribution in [0, 0.1) is 5.41 Å². The fourth-order valence-corrected chi connectivity index (χ4v) is 8.02. The zero-order valence-corrected chi connectivity index (χ0v) is 43.2. The van der Waals surface area contributed by atoms with E-state index in [-0.39, 0.29) is 61.9 Å². The molecule has 0 saturated heterocycles. The summed E-state index contributed by atoms with van der Waals surface area (Å²) in [6.45, 7) is 12.7. The summed E-state index contributed by atoms with van der Waals surface area (Å²) < 4.78 is 29.0. The van der Waals surface area contributed by atoms with Gasteiger partial charge in [0.25, 0.3) is 0 Å². The van der Waals surface area contributed by atoms with Crippen molar-refractivity contribution in [2.75, 3.05) is 19.8 Å². The molecule has 10 nitrogen and oxygen atoms in total. The fourth-order valence-electron chi connectivity index (χ4n) is 8.02. The van der Waals surface area contributed by atoms with Crippen molar-refractivity contribution in [3.05, 3.63) is 0 Å². The molecule has 2 unspecified atom stereocenters. The SMILES string of the molecule is CCCCCCC(CCCCCCCCC(=O)OCC(CC)(COC(=O)CCCC)COC(=O)CCCCCCCCC(CCCCCC)OC(=O)CCCCC)OC(=O)CCCCC. The Morgan fingerprint density at radius 3 is 0.877 bits per heavy atom. The number of rotatable bonds is 48. The van der Waals surface area contributed by atoms with Crippen molar-refractivity contribution < 1.29 is 47.7 Å². The second-order valence-corrected chi connectivity index (χ2v) is 19.1. The summed E-state index contributed by atoms with van der Waals surface area (Å²) in [6.07, 6.45) is 35.3. The van der Waals surface area contributed by atoms with Gasteiger partial charge in [0.2, 0.25) is 0 Å². The van der Waals surface area contributed by atoms with Crippen LogP contribution < -0.4 is 0 Å².